The summed E-state index contributed by atoms with van der Waals surface area (Å²) in [6.45, 7) is 2.28. The van der Waals surface area contributed by atoms with E-state index >= 15 is 0 Å². The SMILES string of the molecule is CCCCCCCCCCCCC/C=C/C=C/C(=O)OC[C@H](COP(=O)(O)OC[C@@H](O)CO)OC(=O)CCCCCCCCCCCCCCCCCCC. The number of aliphatic hydroxyl groups is 2. The number of ether oxygens (including phenoxy) is 2. The molecule has 0 saturated heterocycles. The molecule has 0 radical (unpaired) electrons. The Balaban J connectivity index is 4.34. The number of esters is 2. The first-order valence-electron chi connectivity index (χ1n) is 22.3. The van der Waals surface area contributed by atoms with E-state index in [0.29, 0.717) is 6.42 Å². The Morgan fingerprint density at radius 2 is 1.00 bits per heavy atom. The highest BCUT2D eigenvalue weighted by molar-refractivity contribution is 7.47. The Kier molecular flexibility index (Phi) is 39.5. The van der Waals surface area contributed by atoms with Crippen LogP contribution in [0.4, 0.5) is 0 Å². The van der Waals surface area contributed by atoms with Crippen molar-refractivity contribution in [3.63, 3.8) is 0 Å². The van der Waals surface area contributed by atoms with Gasteiger partial charge in [0.05, 0.1) is 19.8 Å². The van der Waals surface area contributed by atoms with Gasteiger partial charge in [0.15, 0.2) is 6.10 Å². The molecule has 0 aromatic rings. The van der Waals surface area contributed by atoms with Gasteiger partial charge in [0, 0.05) is 12.5 Å². The number of carbonyl (C=O) groups excluding carboxylic acids is 2. The van der Waals surface area contributed by atoms with E-state index in [-0.39, 0.29) is 13.0 Å². The number of phosphoric ester groups is 1. The lowest BCUT2D eigenvalue weighted by Gasteiger charge is -2.20. The fraction of sp³-hybridized carbons (Fsp3) is 0.864. The van der Waals surface area contributed by atoms with Crippen LogP contribution in [0.2, 0.25) is 0 Å². The van der Waals surface area contributed by atoms with Crippen LogP contribution in [-0.2, 0) is 32.7 Å². The van der Waals surface area contributed by atoms with Crippen LogP contribution in [-0.4, -0.2) is 65.7 Å². The standard InChI is InChI=1S/C44H83O10P/c1-3-5-7-9-11-13-15-17-19-20-22-24-26-28-30-32-34-36-44(48)54-42(40-53-55(49,50)52-38-41(46)37-45)39-51-43(47)35-33-31-29-27-25-23-21-18-16-14-12-10-8-6-4-2/h29,31,33,35,41-42,45-46H,3-28,30,32,34,36-40H2,1-2H3,(H,49,50)/b31-29+,35-33+/t41-,42+/m0/s1. The van der Waals surface area contributed by atoms with Crippen molar-refractivity contribution in [2.45, 2.75) is 219 Å². The van der Waals surface area contributed by atoms with Crippen molar-refractivity contribution in [1.29, 1.82) is 0 Å². The molecule has 0 spiro atoms. The minimum atomic E-state index is -4.63. The van der Waals surface area contributed by atoms with Crippen LogP contribution in [0.3, 0.4) is 0 Å². The molecule has 0 bridgehead atoms. The number of hydrogen-bond donors (Lipinski definition) is 3. The fourth-order valence-corrected chi connectivity index (χ4v) is 7.05. The number of phosphoric acid groups is 1. The molecular weight excluding hydrogens is 719 g/mol. The average Bonchev–Trinajstić information content (AvgIpc) is 3.17. The summed E-state index contributed by atoms with van der Waals surface area (Å²) in [5, 5.41) is 18.3. The summed E-state index contributed by atoms with van der Waals surface area (Å²) in [5.74, 6) is -1.17. The molecule has 0 heterocycles. The van der Waals surface area contributed by atoms with Crippen molar-refractivity contribution in [3.05, 3.63) is 24.3 Å². The van der Waals surface area contributed by atoms with Crippen LogP contribution in [0.25, 0.3) is 0 Å². The van der Waals surface area contributed by atoms with Crippen LogP contribution < -0.4 is 0 Å². The number of rotatable bonds is 42. The topological polar surface area (TPSA) is 149 Å². The molecule has 0 fully saturated rings. The molecule has 0 aliphatic carbocycles. The van der Waals surface area contributed by atoms with Gasteiger partial charge in [-0.3, -0.25) is 13.8 Å². The first-order valence-corrected chi connectivity index (χ1v) is 23.8. The van der Waals surface area contributed by atoms with E-state index in [9.17, 15) is 24.2 Å². The zero-order valence-corrected chi connectivity index (χ0v) is 36.0. The normalized spacial score (nSPS) is 14.1. The van der Waals surface area contributed by atoms with Gasteiger partial charge >= 0.3 is 19.8 Å². The van der Waals surface area contributed by atoms with Crippen molar-refractivity contribution >= 4 is 19.8 Å². The first-order chi connectivity index (χ1) is 26.7. The van der Waals surface area contributed by atoms with Crippen molar-refractivity contribution < 1.29 is 47.8 Å². The summed E-state index contributed by atoms with van der Waals surface area (Å²) in [6, 6.07) is 0. The summed E-state index contributed by atoms with van der Waals surface area (Å²) < 4.78 is 32.5. The zero-order valence-electron chi connectivity index (χ0n) is 35.2. The minimum Gasteiger partial charge on any atom is -0.458 e. The molecule has 324 valence electrons. The lowest BCUT2D eigenvalue weighted by molar-refractivity contribution is -0.159. The van der Waals surface area contributed by atoms with Crippen molar-refractivity contribution in [2.75, 3.05) is 26.4 Å². The highest BCUT2D eigenvalue weighted by Gasteiger charge is 2.27. The third-order valence-corrected chi connectivity index (χ3v) is 10.7. The molecule has 0 aliphatic rings. The summed E-state index contributed by atoms with van der Waals surface area (Å²) in [4.78, 5) is 34.9. The second-order valence-corrected chi connectivity index (χ2v) is 16.6. The van der Waals surface area contributed by atoms with Gasteiger partial charge in [-0.05, 0) is 19.3 Å². The Morgan fingerprint density at radius 1 is 0.582 bits per heavy atom. The van der Waals surface area contributed by atoms with E-state index in [0.717, 1.165) is 32.1 Å². The second-order valence-electron chi connectivity index (χ2n) is 15.2. The number of aliphatic hydroxyl groups excluding tert-OH is 2. The maximum absolute atomic E-state index is 12.6. The second kappa shape index (κ2) is 40.6. The van der Waals surface area contributed by atoms with E-state index in [1.54, 1.807) is 12.2 Å². The highest BCUT2D eigenvalue weighted by Crippen LogP contribution is 2.43. The van der Waals surface area contributed by atoms with Gasteiger partial charge in [0.2, 0.25) is 0 Å². The maximum atomic E-state index is 12.6. The van der Waals surface area contributed by atoms with Crippen molar-refractivity contribution in [3.8, 4) is 0 Å². The molecule has 0 aromatic heterocycles. The monoisotopic (exact) mass is 803 g/mol. The predicted molar refractivity (Wildman–Crippen MR) is 224 cm³/mol. The number of unbranched alkanes of at least 4 members (excludes halogenated alkanes) is 27. The number of hydrogen-bond acceptors (Lipinski definition) is 9. The third kappa shape index (κ3) is 40.4. The van der Waals surface area contributed by atoms with E-state index in [1.165, 1.54) is 154 Å². The molecule has 55 heavy (non-hydrogen) atoms. The summed E-state index contributed by atoms with van der Waals surface area (Å²) in [7, 11) is -4.63. The predicted octanol–water partition coefficient (Wildman–Crippen LogP) is 11.8. The Bertz CT molecular complexity index is 972. The quantitative estimate of drug-likeness (QED) is 0.0179. The van der Waals surface area contributed by atoms with E-state index in [1.807, 2.05) is 6.08 Å². The van der Waals surface area contributed by atoms with Crippen molar-refractivity contribution in [1.82, 2.24) is 0 Å². The number of allylic oxidation sites excluding steroid dienone is 3. The van der Waals surface area contributed by atoms with E-state index in [2.05, 4.69) is 18.4 Å². The molecule has 1 unspecified atom stereocenters. The minimum absolute atomic E-state index is 0.169. The molecule has 3 atom stereocenters. The van der Waals surface area contributed by atoms with Crippen LogP contribution in [0.1, 0.15) is 206 Å². The van der Waals surface area contributed by atoms with Gasteiger partial charge in [-0.2, -0.15) is 0 Å². The summed E-state index contributed by atoms with van der Waals surface area (Å²) in [6.07, 6.45) is 40.6. The molecule has 0 aliphatic heterocycles. The Morgan fingerprint density at radius 3 is 1.45 bits per heavy atom. The van der Waals surface area contributed by atoms with Gasteiger partial charge in [-0.25, -0.2) is 9.36 Å². The molecule has 3 N–H and O–H groups in total. The van der Waals surface area contributed by atoms with E-state index in [4.69, 9.17) is 19.1 Å². The average molecular weight is 803 g/mol. The Labute approximate surface area is 336 Å². The molecule has 0 aromatic carbocycles. The largest absolute Gasteiger partial charge is 0.472 e. The van der Waals surface area contributed by atoms with Crippen LogP contribution in [0.5, 0.6) is 0 Å². The van der Waals surface area contributed by atoms with Crippen LogP contribution in [0, 0.1) is 0 Å². The fourth-order valence-electron chi connectivity index (χ4n) is 6.26. The van der Waals surface area contributed by atoms with Gasteiger partial charge in [0.25, 0.3) is 0 Å². The molecule has 10 nitrogen and oxygen atoms in total. The van der Waals surface area contributed by atoms with Crippen molar-refractivity contribution in [2.24, 2.45) is 0 Å². The van der Waals surface area contributed by atoms with Gasteiger partial charge in [-0.1, -0.05) is 199 Å². The maximum Gasteiger partial charge on any atom is 0.472 e. The van der Waals surface area contributed by atoms with E-state index < -0.39 is 51.8 Å². The van der Waals surface area contributed by atoms with Gasteiger partial charge in [-0.15, -0.1) is 0 Å². The highest BCUT2D eigenvalue weighted by atomic mass is 31.2. The lowest BCUT2D eigenvalue weighted by Crippen LogP contribution is -2.29. The smallest absolute Gasteiger partial charge is 0.458 e. The molecular formula is C44H83O10P. The molecule has 0 rings (SSSR count). The number of carbonyl (C=O) groups is 2. The Hall–Kier alpha value is -1.55. The lowest BCUT2D eigenvalue weighted by atomic mass is 10.0. The summed E-state index contributed by atoms with van der Waals surface area (Å²) in [5.41, 5.74) is 0. The first kappa shape index (κ1) is 53.5. The zero-order chi connectivity index (χ0) is 40.5. The third-order valence-electron chi connectivity index (χ3n) is 9.71. The van der Waals surface area contributed by atoms with Gasteiger partial charge in [0.1, 0.15) is 12.7 Å². The molecule has 0 saturated carbocycles. The van der Waals surface area contributed by atoms with Crippen LogP contribution >= 0.6 is 7.82 Å². The summed E-state index contributed by atoms with van der Waals surface area (Å²) >= 11 is 0. The van der Waals surface area contributed by atoms with Crippen LogP contribution in [0.15, 0.2) is 24.3 Å². The van der Waals surface area contributed by atoms with Gasteiger partial charge < -0.3 is 24.6 Å². The molecule has 0 amide bonds. The molecule has 11 heteroatoms.